The van der Waals surface area contributed by atoms with Gasteiger partial charge in [0.25, 0.3) is 0 Å². The molecule has 0 bridgehead atoms. The van der Waals surface area contributed by atoms with Crippen LogP contribution in [-0.4, -0.2) is 76.3 Å². The maximum Gasteiger partial charge on any atom is 0.317 e. The molecule has 11 heteroatoms. The minimum absolute atomic E-state index is 0. The number of carboxylic acid groups (broad SMARTS) is 1. The van der Waals surface area contributed by atoms with Gasteiger partial charge >= 0.3 is 5.97 Å². The van der Waals surface area contributed by atoms with Gasteiger partial charge in [-0.1, -0.05) is 6.07 Å². The average molecular weight is 530 g/mol. The average Bonchev–Trinajstić information content (AvgIpc) is 3.25. The second-order valence-corrected chi connectivity index (χ2v) is 9.38. The zero-order chi connectivity index (χ0) is 26.6. The first-order chi connectivity index (χ1) is 17.0. The monoisotopic (exact) mass is 529 g/mol. The molecule has 1 heterocycles. The molecule has 0 saturated carbocycles. The lowest BCUT2D eigenvalue weighted by Gasteiger charge is -2.36. The maximum atomic E-state index is 13.5. The summed E-state index contributed by atoms with van der Waals surface area (Å²) >= 11 is 0. The maximum absolute atomic E-state index is 13.5. The Kier molecular flexibility index (Phi) is 9.66. The highest BCUT2D eigenvalue weighted by Crippen LogP contribution is 2.33. The van der Waals surface area contributed by atoms with Crippen LogP contribution in [0.5, 0.6) is 0 Å². The number of hydrogen-bond donors (Lipinski definition) is 5. The van der Waals surface area contributed by atoms with E-state index < -0.39 is 11.4 Å². The Morgan fingerprint density at radius 3 is 2.41 bits per heavy atom. The number of likely N-dealkylation sites (N-methyl/N-ethyl adjacent to an activating group) is 2. The van der Waals surface area contributed by atoms with Crippen molar-refractivity contribution in [3.05, 3.63) is 58.9 Å². The van der Waals surface area contributed by atoms with E-state index in [1.807, 2.05) is 45.0 Å². The first kappa shape index (κ1) is 29.6. The molecule has 1 amide bonds. The number of aliphatic carboxylic acids is 1. The molecule has 10 nitrogen and oxygen atoms in total. The molecule has 0 aliphatic heterocycles. The van der Waals surface area contributed by atoms with Crippen molar-refractivity contribution in [2.45, 2.75) is 32.7 Å². The van der Waals surface area contributed by atoms with Crippen molar-refractivity contribution in [2.75, 3.05) is 39.0 Å². The van der Waals surface area contributed by atoms with Crippen LogP contribution in [0.15, 0.2) is 36.4 Å². The van der Waals surface area contributed by atoms with E-state index in [2.05, 4.69) is 10.3 Å². The first-order valence-electron chi connectivity index (χ1n) is 11.8. The standard InChI is InChI=1S/C26H35N7O3.ClH/c1-6-33(5)25(36)26(3,15-32(4)14-22(34)35)19-11-12-20-23(16(19)2)31-21(30-20)13-29-18-9-7-17(8-10-18)24(27)28;/h7-12,29H,6,13-15H2,1-5H3,(H3,27,28)(H,30,31)(H,34,35);1H. The number of carbonyl (C=O) groups is 2. The van der Waals surface area contributed by atoms with Crippen molar-refractivity contribution in [3.63, 3.8) is 0 Å². The first-order valence-corrected chi connectivity index (χ1v) is 11.8. The summed E-state index contributed by atoms with van der Waals surface area (Å²) in [5.74, 6) is -0.253. The van der Waals surface area contributed by atoms with Crippen LogP contribution in [0.25, 0.3) is 11.0 Å². The van der Waals surface area contributed by atoms with Crippen molar-refractivity contribution >= 4 is 46.8 Å². The fraction of sp³-hybridized carbons (Fsp3) is 0.385. The Labute approximate surface area is 223 Å². The number of H-pyrrole nitrogens is 1. The number of aromatic amines is 1. The van der Waals surface area contributed by atoms with Crippen LogP contribution in [-0.2, 0) is 21.5 Å². The third-order valence-electron chi connectivity index (χ3n) is 6.49. The fourth-order valence-corrected chi connectivity index (χ4v) is 4.56. The number of carbonyl (C=O) groups excluding carboxylic acids is 1. The number of aromatic nitrogens is 2. The molecular formula is C26H36ClN7O3. The van der Waals surface area contributed by atoms with Crippen LogP contribution in [0, 0.1) is 12.3 Å². The number of nitrogens with one attached hydrogen (secondary N) is 3. The van der Waals surface area contributed by atoms with E-state index in [9.17, 15) is 14.7 Å². The quantitative estimate of drug-likeness (QED) is 0.189. The van der Waals surface area contributed by atoms with Crippen molar-refractivity contribution < 1.29 is 14.7 Å². The topological polar surface area (TPSA) is 151 Å². The number of imidazole rings is 1. The van der Waals surface area contributed by atoms with Gasteiger partial charge in [-0.15, -0.1) is 12.4 Å². The molecule has 1 atom stereocenters. The Balaban J connectivity index is 0.00000481. The van der Waals surface area contributed by atoms with Crippen molar-refractivity contribution in [1.29, 1.82) is 5.41 Å². The number of rotatable bonds is 11. The molecule has 0 spiro atoms. The van der Waals surface area contributed by atoms with Gasteiger partial charge in [0.05, 0.1) is 29.5 Å². The predicted octanol–water partition coefficient (Wildman–Crippen LogP) is 2.94. The largest absolute Gasteiger partial charge is 0.480 e. The predicted molar refractivity (Wildman–Crippen MR) is 149 cm³/mol. The Morgan fingerprint density at radius 2 is 1.84 bits per heavy atom. The number of nitrogen functional groups attached to an aromatic ring is 1. The molecule has 200 valence electrons. The van der Waals surface area contributed by atoms with E-state index >= 15 is 0 Å². The summed E-state index contributed by atoms with van der Waals surface area (Å²) in [4.78, 5) is 36.3. The molecule has 3 rings (SSSR count). The van der Waals surface area contributed by atoms with E-state index in [0.29, 0.717) is 18.7 Å². The van der Waals surface area contributed by atoms with Gasteiger partial charge in [0.2, 0.25) is 5.91 Å². The number of benzene rings is 2. The van der Waals surface area contributed by atoms with Crippen molar-refractivity contribution in [1.82, 2.24) is 19.8 Å². The molecule has 0 aliphatic rings. The molecule has 3 aromatic rings. The molecule has 0 aliphatic carbocycles. The second kappa shape index (κ2) is 12.1. The van der Waals surface area contributed by atoms with Gasteiger partial charge in [0.1, 0.15) is 11.7 Å². The Morgan fingerprint density at radius 1 is 1.19 bits per heavy atom. The summed E-state index contributed by atoms with van der Waals surface area (Å²) in [7, 11) is 3.47. The highest BCUT2D eigenvalue weighted by atomic mass is 35.5. The minimum Gasteiger partial charge on any atom is -0.480 e. The van der Waals surface area contributed by atoms with Gasteiger partial charge < -0.3 is 26.0 Å². The molecule has 0 saturated heterocycles. The summed E-state index contributed by atoms with van der Waals surface area (Å²) in [6.45, 7) is 6.83. The van der Waals surface area contributed by atoms with E-state index in [-0.39, 0.29) is 37.2 Å². The van der Waals surface area contributed by atoms with Gasteiger partial charge in [0, 0.05) is 31.4 Å². The third kappa shape index (κ3) is 6.58. The van der Waals surface area contributed by atoms with E-state index in [0.717, 1.165) is 33.7 Å². The molecule has 37 heavy (non-hydrogen) atoms. The zero-order valence-electron chi connectivity index (χ0n) is 21.9. The number of amidine groups is 1. The third-order valence-corrected chi connectivity index (χ3v) is 6.49. The van der Waals surface area contributed by atoms with Crippen LogP contribution in [0.3, 0.4) is 0 Å². The molecule has 1 unspecified atom stereocenters. The van der Waals surface area contributed by atoms with Crippen LogP contribution in [0.2, 0.25) is 0 Å². The van der Waals surface area contributed by atoms with E-state index in [4.69, 9.17) is 16.1 Å². The SMILES string of the molecule is CCN(C)C(=O)C(C)(CN(C)CC(=O)O)c1ccc2[nH]c(CNc3ccc(C(=N)N)cc3)nc2c1C.Cl. The number of halogens is 1. The Bertz CT molecular complexity index is 1280. The summed E-state index contributed by atoms with van der Waals surface area (Å²) < 4.78 is 0. The van der Waals surface area contributed by atoms with Crippen LogP contribution in [0.4, 0.5) is 5.69 Å². The van der Waals surface area contributed by atoms with E-state index in [1.165, 1.54) is 0 Å². The number of nitrogens with zero attached hydrogens (tertiary/aromatic N) is 3. The van der Waals surface area contributed by atoms with Gasteiger partial charge in [-0.2, -0.15) is 0 Å². The summed E-state index contributed by atoms with van der Waals surface area (Å²) in [6, 6.07) is 11.1. The second-order valence-electron chi connectivity index (χ2n) is 9.38. The number of aryl methyl sites for hydroxylation is 1. The summed E-state index contributed by atoms with van der Waals surface area (Å²) in [5.41, 5.74) is 9.43. The highest BCUT2D eigenvalue weighted by Gasteiger charge is 2.40. The number of hydrogen-bond acceptors (Lipinski definition) is 6. The molecule has 0 radical (unpaired) electrons. The van der Waals surface area contributed by atoms with Crippen LogP contribution >= 0.6 is 12.4 Å². The van der Waals surface area contributed by atoms with Crippen molar-refractivity contribution in [3.8, 4) is 0 Å². The van der Waals surface area contributed by atoms with Crippen molar-refractivity contribution in [2.24, 2.45) is 5.73 Å². The minimum atomic E-state index is -0.955. The Hall–Kier alpha value is -3.63. The van der Waals surface area contributed by atoms with E-state index in [1.54, 1.807) is 36.0 Å². The fourth-order valence-electron chi connectivity index (χ4n) is 4.56. The number of fused-ring (bicyclic) bond motifs is 1. The molecule has 6 N–H and O–H groups in total. The highest BCUT2D eigenvalue weighted by molar-refractivity contribution is 5.95. The summed E-state index contributed by atoms with van der Waals surface area (Å²) in [5, 5.41) is 20.1. The van der Waals surface area contributed by atoms with Gasteiger partial charge in [-0.3, -0.25) is 19.9 Å². The van der Waals surface area contributed by atoms with Crippen LogP contribution in [0.1, 0.15) is 36.4 Å². The number of anilines is 1. The zero-order valence-corrected chi connectivity index (χ0v) is 22.7. The van der Waals surface area contributed by atoms with Gasteiger partial charge in [0.15, 0.2) is 0 Å². The van der Waals surface area contributed by atoms with Gasteiger partial charge in [-0.25, -0.2) is 4.98 Å². The van der Waals surface area contributed by atoms with Gasteiger partial charge in [-0.05, 0) is 69.3 Å². The molecule has 0 fully saturated rings. The lowest BCUT2D eigenvalue weighted by molar-refractivity contribution is -0.140. The summed E-state index contributed by atoms with van der Waals surface area (Å²) in [6.07, 6.45) is 0. The molecular weight excluding hydrogens is 494 g/mol. The molecule has 2 aromatic carbocycles. The molecule has 1 aromatic heterocycles. The number of carboxylic acids is 1. The lowest BCUT2D eigenvalue weighted by Crippen LogP contribution is -2.50. The number of amides is 1. The lowest BCUT2D eigenvalue weighted by atomic mass is 9.78. The van der Waals surface area contributed by atoms with Crippen LogP contribution < -0.4 is 11.1 Å². The smallest absolute Gasteiger partial charge is 0.317 e. The normalized spacial score (nSPS) is 12.6. The number of nitrogens with two attached hydrogens (primary N) is 1.